The van der Waals surface area contributed by atoms with Crippen LogP contribution >= 0.6 is 11.3 Å². The summed E-state index contributed by atoms with van der Waals surface area (Å²) in [6.07, 6.45) is 1.04. The van der Waals surface area contributed by atoms with Gasteiger partial charge in [0.25, 0.3) is 0 Å². The van der Waals surface area contributed by atoms with Crippen LogP contribution in [-0.4, -0.2) is 11.5 Å². The molecule has 0 amide bonds. The Kier molecular flexibility index (Phi) is 3.53. The molecule has 0 atom stereocenters. The third-order valence-electron chi connectivity index (χ3n) is 3.33. The zero-order valence-corrected chi connectivity index (χ0v) is 12.1. The number of benzene rings is 1. The molecule has 1 N–H and O–H groups in total. The third kappa shape index (κ3) is 2.80. The Labute approximate surface area is 117 Å². The first-order valence-electron chi connectivity index (χ1n) is 6.60. The Morgan fingerprint density at radius 3 is 3.05 bits per heavy atom. The summed E-state index contributed by atoms with van der Waals surface area (Å²) in [5, 5.41) is 4.45. The molecule has 3 rings (SSSR count). The SMILES string of the molecule is Cc1ccc(OCc2nc3c(s2)CNCC3)c(C)c1. The van der Waals surface area contributed by atoms with Crippen LogP contribution in [0.15, 0.2) is 18.2 Å². The zero-order chi connectivity index (χ0) is 13.2. The quantitative estimate of drug-likeness (QED) is 0.934. The molecule has 0 spiro atoms. The molecule has 2 aromatic rings. The van der Waals surface area contributed by atoms with Crippen molar-refractivity contribution in [3.05, 3.63) is 44.9 Å². The molecule has 1 aromatic carbocycles. The Balaban J connectivity index is 1.70. The standard InChI is InChI=1S/C15H18N2OS/c1-10-3-4-13(11(2)7-10)18-9-15-17-12-5-6-16-8-14(12)19-15/h3-4,7,16H,5-6,8-9H2,1-2H3. The molecule has 0 aliphatic carbocycles. The second kappa shape index (κ2) is 5.31. The van der Waals surface area contributed by atoms with Crippen LogP contribution in [0.5, 0.6) is 5.75 Å². The van der Waals surface area contributed by atoms with E-state index in [9.17, 15) is 0 Å². The van der Waals surface area contributed by atoms with E-state index in [1.807, 2.05) is 6.07 Å². The lowest BCUT2D eigenvalue weighted by Gasteiger charge is -2.09. The van der Waals surface area contributed by atoms with Crippen molar-refractivity contribution in [2.24, 2.45) is 0 Å². The molecule has 4 heteroatoms. The van der Waals surface area contributed by atoms with Crippen molar-refractivity contribution in [2.45, 2.75) is 33.4 Å². The molecule has 3 nitrogen and oxygen atoms in total. The Hall–Kier alpha value is -1.39. The summed E-state index contributed by atoms with van der Waals surface area (Å²) in [6, 6.07) is 6.27. The first-order chi connectivity index (χ1) is 9.22. The van der Waals surface area contributed by atoms with Gasteiger partial charge in [0.1, 0.15) is 17.4 Å². The van der Waals surface area contributed by atoms with Gasteiger partial charge in [-0.15, -0.1) is 11.3 Å². The summed E-state index contributed by atoms with van der Waals surface area (Å²) in [5.74, 6) is 0.955. The van der Waals surface area contributed by atoms with Crippen LogP contribution in [0.3, 0.4) is 0 Å². The Morgan fingerprint density at radius 2 is 2.26 bits per heavy atom. The largest absolute Gasteiger partial charge is 0.486 e. The number of hydrogen-bond donors (Lipinski definition) is 1. The van der Waals surface area contributed by atoms with E-state index in [2.05, 4.69) is 36.3 Å². The summed E-state index contributed by atoms with van der Waals surface area (Å²) in [6.45, 7) is 6.74. The first kappa shape index (κ1) is 12.6. The van der Waals surface area contributed by atoms with Gasteiger partial charge in [-0.3, -0.25) is 0 Å². The van der Waals surface area contributed by atoms with E-state index in [4.69, 9.17) is 4.74 Å². The normalized spacial score (nSPS) is 14.2. The fourth-order valence-electron chi connectivity index (χ4n) is 2.34. The zero-order valence-electron chi connectivity index (χ0n) is 11.3. The molecule has 0 radical (unpaired) electrons. The van der Waals surface area contributed by atoms with E-state index < -0.39 is 0 Å². The number of aryl methyl sites for hydroxylation is 2. The average Bonchev–Trinajstić information content (AvgIpc) is 2.80. The van der Waals surface area contributed by atoms with Crippen molar-refractivity contribution in [3.63, 3.8) is 0 Å². The maximum atomic E-state index is 5.88. The molecule has 2 heterocycles. The highest BCUT2D eigenvalue weighted by Crippen LogP contribution is 2.24. The molecular weight excluding hydrogens is 256 g/mol. The minimum atomic E-state index is 0.571. The maximum absolute atomic E-state index is 5.88. The topological polar surface area (TPSA) is 34.1 Å². The van der Waals surface area contributed by atoms with E-state index in [-0.39, 0.29) is 0 Å². The highest BCUT2D eigenvalue weighted by molar-refractivity contribution is 7.11. The van der Waals surface area contributed by atoms with Crippen molar-refractivity contribution >= 4 is 11.3 Å². The smallest absolute Gasteiger partial charge is 0.140 e. The third-order valence-corrected chi connectivity index (χ3v) is 4.40. The number of ether oxygens (including phenoxy) is 1. The van der Waals surface area contributed by atoms with E-state index in [1.165, 1.54) is 21.7 Å². The second-order valence-electron chi connectivity index (χ2n) is 4.96. The van der Waals surface area contributed by atoms with Crippen LogP contribution in [-0.2, 0) is 19.6 Å². The summed E-state index contributed by atoms with van der Waals surface area (Å²) >= 11 is 1.76. The van der Waals surface area contributed by atoms with Crippen LogP contribution < -0.4 is 10.1 Å². The minimum Gasteiger partial charge on any atom is -0.486 e. The van der Waals surface area contributed by atoms with Gasteiger partial charge in [0, 0.05) is 24.4 Å². The molecule has 100 valence electrons. The van der Waals surface area contributed by atoms with Crippen LogP contribution in [0.1, 0.15) is 26.7 Å². The van der Waals surface area contributed by atoms with Gasteiger partial charge < -0.3 is 10.1 Å². The van der Waals surface area contributed by atoms with E-state index in [0.717, 1.165) is 30.3 Å². The lowest BCUT2D eigenvalue weighted by atomic mass is 10.1. The van der Waals surface area contributed by atoms with Gasteiger partial charge in [0.15, 0.2) is 0 Å². The number of thiazole rings is 1. The monoisotopic (exact) mass is 274 g/mol. The van der Waals surface area contributed by atoms with Gasteiger partial charge in [-0.25, -0.2) is 4.98 Å². The lowest BCUT2D eigenvalue weighted by Crippen LogP contribution is -2.22. The van der Waals surface area contributed by atoms with Gasteiger partial charge in [0.05, 0.1) is 5.69 Å². The van der Waals surface area contributed by atoms with E-state index in [1.54, 1.807) is 11.3 Å². The predicted octanol–water partition coefficient (Wildman–Crippen LogP) is 2.98. The number of rotatable bonds is 3. The van der Waals surface area contributed by atoms with Crippen molar-refractivity contribution in [3.8, 4) is 5.75 Å². The van der Waals surface area contributed by atoms with Crippen LogP contribution in [0.2, 0.25) is 0 Å². The molecule has 19 heavy (non-hydrogen) atoms. The average molecular weight is 274 g/mol. The molecule has 0 fully saturated rings. The molecule has 1 aliphatic heterocycles. The second-order valence-corrected chi connectivity index (χ2v) is 6.13. The van der Waals surface area contributed by atoms with Gasteiger partial charge in [-0.1, -0.05) is 17.7 Å². The summed E-state index contributed by atoms with van der Waals surface area (Å²) in [4.78, 5) is 6.03. The van der Waals surface area contributed by atoms with Crippen molar-refractivity contribution < 1.29 is 4.74 Å². The predicted molar refractivity (Wildman–Crippen MR) is 77.8 cm³/mol. The number of nitrogens with zero attached hydrogens (tertiary/aromatic N) is 1. The van der Waals surface area contributed by atoms with Crippen LogP contribution in [0, 0.1) is 13.8 Å². The first-order valence-corrected chi connectivity index (χ1v) is 7.42. The van der Waals surface area contributed by atoms with Crippen molar-refractivity contribution in [2.75, 3.05) is 6.54 Å². The van der Waals surface area contributed by atoms with Crippen LogP contribution in [0.25, 0.3) is 0 Å². The van der Waals surface area contributed by atoms with Gasteiger partial charge in [0.2, 0.25) is 0 Å². The minimum absolute atomic E-state index is 0.571. The number of aromatic nitrogens is 1. The summed E-state index contributed by atoms with van der Waals surface area (Å²) in [5.41, 5.74) is 3.70. The molecule has 0 unspecified atom stereocenters. The molecule has 0 saturated carbocycles. The fraction of sp³-hybridized carbons (Fsp3) is 0.400. The van der Waals surface area contributed by atoms with E-state index in [0.29, 0.717) is 6.61 Å². The lowest BCUT2D eigenvalue weighted by molar-refractivity contribution is 0.303. The Morgan fingerprint density at radius 1 is 1.37 bits per heavy atom. The molecule has 0 bridgehead atoms. The molecular formula is C15H18N2OS. The molecule has 1 aromatic heterocycles. The van der Waals surface area contributed by atoms with Crippen LogP contribution in [0.4, 0.5) is 0 Å². The van der Waals surface area contributed by atoms with Gasteiger partial charge in [-0.05, 0) is 25.5 Å². The summed E-state index contributed by atoms with van der Waals surface area (Å²) in [7, 11) is 0. The maximum Gasteiger partial charge on any atom is 0.140 e. The number of nitrogens with one attached hydrogen (secondary N) is 1. The highest BCUT2D eigenvalue weighted by atomic mass is 32.1. The number of fused-ring (bicyclic) bond motifs is 1. The molecule has 0 saturated heterocycles. The Bertz CT molecular complexity index is 568. The van der Waals surface area contributed by atoms with Crippen molar-refractivity contribution in [1.29, 1.82) is 0 Å². The molecule has 1 aliphatic rings. The number of hydrogen-bond acceptors (Lipinski definition) is 4. The van der Waals surface area contributed by atoms with Gasteiger partial charge >= 0.3 is 0 Å². The van der Waals surface area contributed by atoms with E-state index >= 15 is 0 Å². The highest BCUT2D eigenvalue weighted by Gasteiger charge is 2.14. The van der Waals surface area contributed by atoms with Crippen molar-refractivity contribution in [1.82, 2.24) is 10.3 Å². The van der Waals surface area contributed by atoms with Gasteiger partial charge in [-0.2, -0.15) is 0 Å². The summed E-state index contributed by atoms with van der Waals surface area (Å²) < 4.78 is 5.88. The fourth-order valence-corrected chi connectivity index (χ4v) is 3.34.